The molecule has 1 N–H and O–H groups in total. The molecule has 0 bridgehead atoms. The molecule has 0 saturated carbocycles. The molecule has 0 aromatic heterocycles. The van der Waals surface area contributed by atoms with Crippen molar-refractivity contribution in [1.29, 1.82) is 5.26 Å². The second-order valence-corrected chi connectivity index (χ2v) is 3.31. The number of nitrogens with zero attached hydrogens (tertiary/aromatic N) is 1. The number of hydrogen-bond acceptors (Lipinski definition) is 3. The maximum atomic E-state index is 11.1. The number of carbonyl (C=O) groups is 1. The van der Waals surface area contributed by atoms with Gasteiger partial charge in [0.05, 0.1) is 16.1 Å². The first-order valence-corrected chi connectivity index (χ1v) is 4.30. The first-order chi connectivity index (χ1) is 6.49. The molecule has 0 heterocycles. The number of hydrogen-bond donors (Lipinski definition) is 1. The Kier molecular flexibility index (Phi) is 2.78. The van der Waals surface area contributed by atoms with Gasteiger partial charge in [0.15, 0.2) is 5.78 Å². The smallest absolute Gasteiger partial charge is 0.163 e. The molecule has 1 rings (SSSR count). The minimum absolute atomic E-state index is 0.128. The van der Waals surface area contributed by atoms with Crippen molar-refractivity contribution in [2.45, 2.75) is 13.8 Å². The molecule has 0 aliphatic heterocycles. The lowest BCUT2D eigenvalue weighted by Crippen LogP contribution is -1.97. The van der Waals surface area contributed by atoms with Gasteiger partial charge in [0.1, 0.15) is 11.8 Å². The van der Waals surface area contributed by atoms with Crippen molar-refractivity contribution in [3.8, 4) is 11.8 Å². The molecule has 0 amide bonds. The zero-order chi connectivity index (χ0) is 10.9. The van der Waals surface area contributed by atoms with Gasteiger partial charge in [0.2, 0.25) is 0 Å². The Balaban J connectivity index is 3.59. The minimum atomic E-state index is -0.293. The van der Waals surface area contributed by atoms with Gasteiger partial charge in [-0.25, -0.2) is 0 Å². The maximum Gasteiger partial charge on any atom is 0.163 e. The Morgan fingerprint density at radius 2 is 2.21 bits per heavy atom. The predicted octanol–water partition coefficient (Wildman–Crippen LogP) is 2.43. The average Bonchev–Trinajstić information content (AvgIpc) is 2.14. The summed E-state index contributed by atoms with van der Waals surface area (Å²) in [7, 11) is 0. The summed E-state index contributed by atoms with van der Waals surface area (Å²) in [5.74, 6) is -0.444. The standard InChI is InChI=1S/C10H8ClNO2/c1-5-9(11)7(4-12)3-8(6(2)13)10(5)14/h3,14H,1-2H3. The highest BCUT2D eigenvalue weighted by atomic mass is 35.5. The Hall–Kier alpha value is -1.53. The van der Waals surface area contributed by atoms with Crippen molar-refractivity contribution < 1.29 is 9.90 Å². The van der Waals surface area contributed by atoms with Crippen LogP contribution >= 0.6 is 11.6 Å². The molecule has 4 heteroatoms. The Labute approximate surface area is 86.5 Å². The van der Waals surface area contributed by atoms with E-state index in [0.29, 0.717) is 5.56 Å². The molecular weight excluding hydrogens is 202 g/mol. The van der Waals surface area contributed by atoms with Crippen molar-refractivity contribution in [1.82, 2.24) is 0 Å². The van der Waals surface area contributed by atoms with Crippen LogP contribution in [-0.4, -0.2) is 10.9 Å². The number of phenols is 1. The van der Waals surface area contributed by atoms with E-state index >= 15 is 0 Å². The molecule has 14 heavy (non-hydrogen) atoms. The van der Waals surface area contributed by atoms with Crippen LogP contribution in [0.3, 0.4) is 0 Å². The zero-order valence-electron chi connectivity index (χ0n) is 7.76. The van der Waals surface area contributed by atoms with Crippen LogP contribution in [0.25, 0.3) is 0 Å². The summed E-state index contributed by atoms with van der Waals surface area (Å²) in [5.41, 5.74) is 0.687. The van der Waals surface area contributed by atoms with Gasteiger partial charge < -0.3 is 5.11 Å². The SMILES string of the molecule is CC(=O)c1cc(C#N)c(Cl)c(C)c1O. The van der Waals surface area contributed by atoms with Gasteiger partial charge in [-0.05, 0) is 19.9 Å². The van der Waals surface area contributed by atoms with E-state index in [0.717, 1.165) is 0 Å². The third-order valence-electron chi connectivity index (χ3n) is 1.96. The third-order valence-corrected chi connectivity index (χ3v) is 2.45. The number of carbonyl (C=O) groups excluding carboxylic acids is 1. The van der Waals surface area contributed by atoms with Crippen LogP contribution in [0.2, 0.25) is 5.02 Å². The zero-order valence-corrected chi connectivity index (χ0v) is 8.51. The number of phenolic OH excluding ortho intramolecular Hbond substituents is 1. The Morgan fingerprint density at radius 1 is 1.64 bits per heavy atom. The summed E-state index contributed by atoms with van der Waals surface area (Å²) in [5, 5.41) is 18.5. The second-order valence-electron chi connectivity index (χ2n) is 2.93. The van der Waals surface area contributed by atoms with Crippen molar-refractivity contribution in [3.05, 3.63) is 27.8 Å². The van der Waals surface area contributed by atoms with Crippen LogP contribution in [-0.2, 0) is 0 Å². The Bertz CT molecular complexity index is 446. The van der Waals surface area contributed by atoms with Gasteiger partial charge in [0.25, 0.3) is 0 Å². The topological polar surface area (TPSA) is 61.1 Å². The summed E-state index contributed by atoms with van der Waals surface area (Å²) in [4.78, 5) is 11.1. The fourth-order valence-electron chi connectivity index (χ4n) is 1.13. The summed E-state index contributed by atoms with van der Waals surface area (Å²) in [6.07, 6.45) is 0. The van der Waals surface area contributed by atoms with E-state index < -0.39 is 0 Å². The van der Waals surface area contributed by atoms with Gasteiger partial charge in [0, 0.05) is 5.56 Å². The highest BCUT2D eigenvalue weighted by molar-refractivity contribution is 6.33. The molecule has 1 aromatic carbocycles. The van der Waals surface area contributed by atoms with Gasteiger partial charge in [-0.1, -0.05) is 11.6 Å². The molecule has 0 aliphatic rings. The highest BCUT2D eigenvalue weighted by Crippen LogP contribution is 2.31. The van der Waals surface area contributed by atoms with Crippen LogP contribution in [0.1, 0.15) is 28.4 Å². The van der Waals surface area contributed by atoms with Crippen molar-refractivity contribution >= 4 is 17.4 Å². The monoisotopic (exact) mass is 209 g/mol. The maximum absolute atomic E-state index is 11.1. The number of aromatic hydroxyl groups is 1. The van der Waals surface area contributed by atoms with Crippen molar-refractivity contribution in [3.63, 3.8) is 0 Å². The average molecular weight is 210 g/mol. The van der Waals surface area contributed by atoms with Crippen LogP contribution in [0.15, 0.2) is 6.07 Å². The predicted molar refractivity (Wildman–Crippen MR) is 52.6 cm³/mol. The fraction of sp³-hybridized carbons (Fsp3) is 0.200. The van der Waals surface area contributed by atoms with E-state index in [4.69, 9.17) is 16.9 Å². The van der Waals surface area contributed by atoms with Crippen LogP contribution in [0.5, 0.6) is 5.75 Å². The molecule has 72 valence electrons. The molecule has 0 atom stereocenters. The normalized spacial score (nSPS) is 9.57. The van der Waals surface area contributed by atoms with E-state index in [2.05, 4.69) is 0 Å². The Morgan fingerprint density at radius 3 is 2.64 bits per heavy atom. The van der Waals surface area contributed by atoms with Crippen LogP contribution < -0.4 is 0 Å². The quantitative estimate of drug-likeness (QED) is 0.723. The molecule has 1 aromatic rings. The van der Waals surface area contributed by atoms with Crippen molar-refractivity contribution in [2.75, 3.05) is 0 Å². The number of nitriles is 1. The lowest BCUT2D eigenvalue weighted by atomic mass is 10.0. The van der Waals surface area contributed by atoms with Crippen LogP contribution in [0, 0.1) is 18.3 Å². The number of ketones is 1. The molecule has 0 aliphatic carbocycles. The van der Waals surface area contributed by atoms with Crippen LogP contribution in [0.4, 0.5) is 0 Å². The number of Topliss-reactive ketones (excluding diaryl/α,β-unsaturated/α-hetero) is 1. The van der Waals surface area contributed by atoms with E-state index in [9.17, 15) is 9.90 Å². The van der Waals surface area contributed by atoms with E-state index in [1.165, 1.54) is 13.0 Å². The molecule has 0 saturated heterocycles. The van der Waals surface area contributed by atoms with E-state index in [1.54, 1.807) is 6.92 Å². The second kappa shape index (κ2) is 3.69. The highest BCUT2D eigenvalue weighted by Gasteiger charge is 2.15. The first kappa shape index (κ1) is 10.6. The number of rotatable bonds is 1. The van der Waals surface area contributed by atoms with Gasteiger partial charge in [-0.3, -0.25) is 4.79 Å². The van der Waals surface area contributed by atoms with E-state index in [1.807, 2.05) is 6.07 Å². The summed E-state index contributed by atoms with van der Waals surface area (Å²) in [6.45, 7) is 2.88. The molecule has 0 radical (unpaired) electrons. The van der Waals surface area contributed by atoms with E-state index in [-0.39, 0.29) is 27.7 Å². The lowest BCUT2D eigenvalue weighted by molar-refractivity contribution is 0.101. The summed E-state index contributed by atoms with van der Waals surface area (Å²) < 4.78 is 0. The van der Waals surface area contributed by atoms with Gasteiger partial charge in [-0.15, -0.1) is 0 Å². The lowest BCUT2D eigenvalue weighted by Gasteiger charge is -2.07. The molecule has 0 unspecified atom stereocenters. The summed E-state index contributed by atoms with van der Waals surface area (Å²) >= 11 is 5.78. The molecule has 0 fully saturated rings. The molecular formula is C10H8ClNO2. The summed E-state index contributed by atoms with van der Waals surface area (Å²) in [6, 6.07) is 3.16. The largest absolute Gasteiger partial charge is 0.507 e. The van der Waals surface area contributed by atoms with Crippen molar-refractivity contribution in [2.24, 2.45) is 0 Å². The third kappa shape index (κ3) is 1.57. The van der Waals surface area contributed by atoms with Gasteiger partial charge in [-0.2, -0.15) is 5.26 Å². The minimum Gasteiger partial charge on any atom is -0.507 e. The first-order valence-electron chi connectivity index (χ1n) is 3.92. The molecule has 0 spiro atoms. The number of benzene rings is 1. The molecule has 3 nitrogen and oxygen atoms in total. The van der Waals surface area contributed by atoms with Gasteiger partial charge >= 0.3 is 0 Å². The number of halogens is 1. The fourth-order valence-corrected chi connectivity index (χ4v) is 1.32.